The maximum absolute atomic E-state index is 7.38. The molecule has 4 heteroatoms. The normalized spacial score (nSPS) is 9.90. The van der Waals surface area contributed by atoms with Gasteiger partial charge in [-0.1, -0.05) is 54.6 Å². The summed E-state index contributed by atoms with van der Waals surface area (Å²) in [6.07, 6.45) is 0. The fourth-order valence-corrected chi connectivity index (χ4v) is 2.06. The molecule has 0 unspecified atom stereocenters. The predicted molar refractivity (Wildman–Crippen MR) is 87.8 cm³/mol. The highest BCUT2D eigenvalue weighted by Gasteiger charge is 2.06. The first kappa shape index (κ1) is 14.9. The monoisotopic (exact) mass is 298 g/mol. The Hall–Kier alpha value is -2.52. The molecule has 3 aromatic rings. The lowest BCUT2D eigenvalue weighted by atomic mass is 10.1. The molecule has 3 nitrogen and oxygen atoms in total. The van der Waals surface area contributed by atoms with Crippen molar-refractivity contribution in [3.05, 3.63) is 72.3 Å². The molecule has 0 amide bonds. The highest BCUT2D eigenvalue weighted by Crippen LogP contribution is 2.28. The van der Waals surface area contributed by atoms with Crippen LogP contribution in [0.1, 0.15) is 5.56 Å². The van der Waals surface area contributed by atoms with Gasteiger partial charge in [0.15, 0.2) is 0 Å². The van der Waals surface area contributed by atoms with Crippen LogP contribution in [0, 0.1) is 5.41 Å². The third-order valence-electron chi connectivity index (χ3n) is 3.14. The van der Waals surface area contributed by atoms with Gasteiger partial charge < -0.3 is 10.2 Å². The number of nitrogen functional groups attached to an aromatic ring is 1. The van der Waals surface area contributed by atoms with Crippen LogP contribution in [0.25, 0.3) is 22.6 Å². The summed E-state index contributed by atoms with van der Waals surface area (Å²) in [5.41, 5.74) is 8.18. The fraction of sp³-hybridized carbons (Fsp3) is 0. The van der Waals surface area contributed by atoms with Crippen LogP contribution in [0.5, 0.6) is 0 Å². The Kier molecular flexibility index (Phi) is 4.45. The van der Waals surface area contributed by atoms with Crippen molar-refractivity contribution in [3.63, 3.8) is 0 Å². The van der Waals surface area contributed by atoms with E-state index < -0.39 is 0 Å². The number of rotatable bonds is 3. The molecule has 0 aliphatic carbocycles. The minimum Gasteiger partial charge on any atom is -0.456 e. The number of hydrogen-bond acceptors (Lipinski definition) is 2. The van der Waals surface area contributed by atoms with Gasteiger partial charge in [0, 0.05) is 16.7 Å². The number of halogens is 1. The number of nitrogens with one attached hydrogen (secondary N) is 1. The SMILES string of the molecule is Cl.N=C(N)c1ccc(-c2ccc(-c3ccccc3)o2)cc1. The number of furan rings is 1. The number of amidine groups is 1. The van der Waals surface area contributed by atoms with Crippen LogP contribution in [0.4, 0.5) is 0 Å². The van der Waals surface area contributed by atoms with E-state index in [-0.39, 0.29) is 18.2 Å². The lowest BCUT2D eigenvalue weighted by Gasteiger charge is -2.01. The molecule has 2 aromatic carbocycles. The molecule has 0 radical (unpaired) electrons. The van der Waals surface area contributed by atoms with Gasteiger partial charge in [0.1, 0.15) is 17.4 Å². The van der Waals surface area contributed by atoms with Crippen molar-refractivity contribution >= 4 is 18.2 Å². The first-order chi connectivity index (χ1) is 9.74. The smallest absolute Gasteiger partial charge is 0.134 e. The molecule has 0 aliphatic rings. The molecule has 3 N–H and O–H groups in total. The predicted octanol–water partition coefficient (Wildman–Crippen LogP) is 4.32. The Balaban J connectivity index is 0.00000161. The van der Waals surface area contributed by atoms with E-state index in [9.17, 15) is 0 Å². The van der Waals surface area contributed by atoms with Gasteiger partial charge in [0.25, 0.3) is 0 Å². The summed E-state index contributed by atoms with van der Waals surface area (Å²) in [6, 6.07) is 21.4. The highest BCUT2D eigenvalue weighted by atomic mass is 35.5. The van der Waals surface area contributed by atoms with Crippen LogP contribution < -0.4 is 5.73 Å². The number of hydrogen-bond donors (Lipinski definition) is 2. The van der Waals surface area contributed by atoms with Crippen molar-refractivity contribution in [1.29, 1.82) is 5.41 Å². The molecule has 1 aromatic heterocycles. The van der Waals surface area contributed by atoms with E-state index in [0.29, 0.717) is 5.56 Å². The van der Waals surface area contributed by atoms with Gasteiger partial charge in [-0.15, -0.1) is 12.4 Å². The molecule has 106 valence electrons. The van der Waals surface area contributed by atoms with Gasteiger partial charge in [0.2, 0.25) is 0 Å². The fourth-order valence-electron chi connectivity index (χ4n) is 2.06. The van der Waals surface area contributed by atoms with E-state index >= 15 is 0 Å². The van der Waals surface area contributed by atoms with Crippen molar-refractivity contribution < 1.29 is 4.42 Å². The molecule has 0 spiro atoms. The third-order valence-corrected chi connectivity index (χ3v) is 3.14. The largest absolute Gasteiger partial charge is 0.456 e. The summed E-state index contributed by atoms with van der Waals surface area (Å²) in [6.45, 7) is 0. The van der Waals surface area contributed by atoms with Crippen LogP contribution in [-0.2, 0) is 0 Å². The van der Waals surface area contributed by atoms with Gasteiger partial charge in [-0.2, -0.15) is 0 Å². The summed E-state index contributed by atoms with van der Waals surface area (Å²) >= 11 is 0. The van der Waals surface area contributed by atoms with E-state index in [0.717, 1.165) is 22.6 Å². The van der Waals surface area contributed by atoms with E-state index in [1.165, 1.54) is 0 Å². The van der Waals surface area contributed by atoms with Crippen molar-refractivity contribution in [3.8, 4) is 22.6 Å². The van der Waals surface area contributed by atoms with Gasteiger partial charge >= 0.3 is 0 Å². The highest BCUT2D eigenvalue weighted by molar-refractivity contribution is 5.95. The molecule has 3 rings (SSSR count). The van der Waals surface area contributed by atoms with Crippen molar-refractivity contribution in [2.24, 2.45) is 5.73 Å². The number of benzene rings is 2. The van der Waals surface area contributed by atoms with Crippen molar-refractivity contribution in [2.75, 3.05) is 0 Å². The van der Waals surface area contributed by atoms with Crippen LogP contribution in [0.2, 0.25) is 0 Å². The third kappa shape index (κ3) is 3.15. The molecule has 0 bridgehead atoms. The minimum absolute atomic E-state index is 0. The van der Waals surface area contributed by atoms with Crippen LogP contribution in [0.15, 0.2) is 71.1 Å². The average Bonchev–Trinajstić information content (AvgIpc) is 2.98. The zero-order chi connectivity index (χ0) is 13.9. The Morgan fingerprint density at radius 3 is 1.81 bits per heavy atom. The van der Waals surface area contributed by atoms with E-state index in [1.54, 1.807) is 0 Å². The second-order valence-corrected chi connectivity index (χ2v) is 4.52. The van der Waals surface area contributed by atoms with Gasteiger partial charge in [0.05, 0.1) is 0 Å². The minimum atomic E-state index is 0. The Labute approximate surface area is 129 Å². The zero-order valence-corrected chi connectivity index (χ0v) is 12.1. The standard InChI is InChI=1S/C17H14N2O.ClH/c18-17(19)14-8-6-13(7-9-14)16-11-10-15(20-16)12-4-2-1-3-5-12;/h1-11H,(H3,18,19);1H. The zero-order valence-electron chi connectivity index (χ0n) is 11.2. The first-order valence-electron chi connectivity index (χ1n) is 6.34. The molecule has 0 saturated heterocycles. The van der Waals surface area contributed by atoms with Crippen LogP contribution >= 0.6 is 12.4 Å². The number of nitrogens with two attached hydrogens (primary N) is 1. The van der Waals surface area contributed by atoms with E-state index in [4.69, 9.17) is 15.6 Å². The Morgan fingerprint density at radius 2 is 1.29 bits per heavy atom. The summed E-state index contributed by atoms with van der Waals surface area (Å²) in [5, 5.41) is 7.38. The van der Waals surface area contributed by atoms with Crippen molar-refractivity contribution in [2.45, 2.75) is 0 Å². The van der Waals surface area contributed by atoms with Crippen molar-refractivity contribution in [1.82, 2.24) is 0 Å². The molecule has 0 saturated carbocycles. The molecular formula is C17H15ClN2O. The van der Waals surface area contributed by atoms with Gasteiger partial charge in [-0.05, 0) is 12.1 Å². The van der Waals surface area contributed by atoms with Gasteiger partial charge in [-0.3, -0.25) is 5.41 Å². The first-order valence-corrected chi connectivity index (χ1v) is 6.34. The summed E-state index contributed by atoms with van der Waals surface area (Å²) in [4.78, 5) is 0. The molecule has 0 fully saturated rings. The summed E-state index contributed by atoms with van der Waals surface area (Å²) in [7, 11) is 0. The summed E-state index contributed by atoms with van der Waals surface area (Å²) in [5.74, 6) is 1.72. The lowest BCUT2D eigenvalue weighted by molar-refractivity contribution is 0.597. The van der Waals surface area contributed by atoms with Gasteiger partial charge in [-0.25, -0.2) is 0 Å². The molecular weight excluding hydrogens is 284 g/mol. The Morgan fingerprint density at radius 1 is 0.762 bits per heavy atom. The second-order valence-electron chi connectivity index (χ2n) is 4.52. The maximum atomic E-state index is 7.38. The average molecular weight is 299 g/mol. The second kappa shape index (κ2) is 6.29. The molecule has 21 heavy (non-hydrogen) atoms. The lowest BCUT2D eigenvalue weighted by Crippen LogP contribution is -2.10. The quantitative estimate of drug-likeness (QED) is 0.559. The Bertz CT molecular complexity index is 733. The van der Waals surface area contributed by atoms with Crippen LogP contribution in [-0.4, -0.2) is 5.84 Å². The molecule has 0 aliphatic heterocycles. The van der Waals surface area contributed by atoms with Crippen LogP contribution in [0.3, 0.4) is 0 Å². The maximum Gasteiger partial charge on any atom is 0.134 e. The molecule has 1 heterocycles. The summed E-state index contributed by atoms with van der Waals surface area (Å²) < 4.78 is 5.87. The topological polar surface area (TPSA) is 63.0 Å². The molecule has 0 atom stereocenters. The van der Waals surface area contributed by atoms with E-state index in [2.05, 4.69) is 0 Å². The van der Waals surface area contributed by atoms with E-state index in [1.807, 2.05) is 66.7 Å².